The Morgan fingerprint density at radius 1 is 1.50 bits per heavy atom. The van der Waals surface area contributed by atoms with Gasteiger partial charge in [0.05, 0.1) is 0 Å². The zero-order valence-corrected chi connectivity index (χ0v) is 7.88. The topological polar surface area (TPSA) is 38.4 Å². The third-order valence-corrected chi connectivity index (χ3v) is 1.90. The van der Waals surface area contributed by atoms with Crippen LogP contribution in [-0.4, -0.2) is 12.4 Å². The molecule has 0 atom stereocenters. The van der Waals surface area contributed by atoms with Crippen LogP contribution >= 0.6 is 12.6 Å². The molecule has 0 unspecified atom stereocenters. The lowest BCUT2D eigenvalue weighted by Gasteiger charge is -2.02. The Balaban J connectivity index is 3.02. The summed E-state index contributed by atoms with van der Waals surface area (Å²) in [6.07, 6.45) is 0. The zero-order valence-electron chi connectivity index (χ0n) is 6.99. The minimum Gasteiger partial charge on any atom is -0.383 e. The molecule has 0 saturated carbocycles. The Labute approximate surface area is 77.9 Å². The molecule has 0 aromatic heterocycles. The first-order chi connectivity index (χ1) is 5.75. The molecule has 0 aliphatic carbocycles. The predicted molar refractivity (Wildman–Crippen MR) is 55.0 cm³/mol. The monoisotopic (exact) mass is 180 g/mol. The molecule has 0 heterocycles. The second-order valence-electron chi connectivity index (χ2n) is 2.38. The summed E-state index contributed by atoms with van der Waals surface area (Å²) in [5.74, 6) is 0.558. The van der Waals surface area contributed by atoms with Gasteiger partial charge in [0.1, 0.15) is 5.84 Å². The summed E-state index contributed by atoms with van der Waals surface area (Å²) in [5, 5.41) is 0. The Bertz CT molecular complexity index is 294. The van der Waals surface area contributed by atoms with Crippen molar-refractivity contribution >= 4 is 18.5 Å². The van der Waals surface area contributed by atoms with E-state index in [1.165, 1.54) is 0 Å². The Morgan fingerprint density at radius 2 is 2.17 bits per heavy atom. The van der Waals surface area contributed by atoms with Crippen molar-refractivity contribution in [2.75, 3.05) is 6.54 Å². The van der Waals surface area contributed by atoms with Crippen molar-refractivity contribution in [3.8, 4) is 0 Å². The van der Waals surface area contributed by atoms with Crippen molar-refractivity contribution in [1.82, 2.24) is 0 Å². The minimum absolute atomic E-state index is 0.558. The summed E-state index contributed by atoms with van der Waals surface area (Å²) >= 11 is 4.27. The fourth-order valence-electron chi connectivity index (χ4n) is 0.946. The number of aliphatic imine (C=N–C) groups is 1. The number of benzene rings is 1. The van der Waals surface area contributed by atoms with Gasteiger partial charge in [0.25, 0.3) is 0 Å². The van der Waals surface area contributed by atoms with Gasteiger partial charge in [-0.3, -0.25) is 4.99 Å². The standard InChI is InChI=1S/C9H12N2S/c1-2-11-9(10)7-5-3-4-6-8(7)12/h3-6,12H,2H2,1H3,(H2,10,11). The van der Waals surface area contributed by atoms with Crippen LogP contribution in [0.2, 0.25) is 0 Å². The van der Waals surface area contributed by atoms with Crippen LogP contribution in [0.4, 0.5) is 0 Å². The fourth-order valence-corrected chi connectivity index (χ4v) is 1.22. The first-order valence-electron chi connectivity index (χ1n) is 3.84. The van der Waals surface area contributed by atoms with Gasteiger partial charge < -0.3 is 5.73 Å². The molecule has 1 rings (SSSR count). The highest BCUT2D eigenvalue weighted by Gasteiger charge is 2.00. The summed E-state index contributed by atoms with van der Waals surface area (Å²) in [4.78, 5) is 4.97. The van der Waals surface area contributed by atoms with Crippen LogP contribution in [0.15, 0.2) is 34.2 Å². The van der Waals surface area contributed by atoms with Gasteiger partial charge in [-0.1, -0.05) is 18.2 Å². The van der Waals surface area contributed by atoms with E-state index in [0.29, 0.717) is 12.4 Å². The molecule has 0 spiro atoms. The molecular formula is C9H12N2S. The third-order valence-electron chi connectivity index (χ3n) is 1.51. The highest BCUT2D eigenvalue weighted by atomic mass is 32.1. The van der Waals surface area contributed by atoms with Crippen molar-refractivity contribution < 1.29 is 0 Å². The molecule has 64 valence electrons. The van der Waals surface area contributed by atoms with Gasteiger partial charge in [0.2, 0.25) is 0 Å². The summed E-state index contributed by atoms with van der Waals surface area (Å²) in [5.41, 5.74) is 6.61. The molecule has 0 bridgehead atoms. The molecule has 0 radical (unpaired) electrons. The number of thiol groups is 1. The van der Waals surface area contributed by atoms with E-state index >= 15 is 0 Å². The molecule has 0 aliphatic rings. The van der Waals surface area contributed by atoms with Gasteiger partial charge in [0.15, 0.2) is 0 Å². The van der Waals surface area contributed by atoms with Gasteiger partial charge in [0, 0.05) is 17.0 Å². The van der Waals surface area contributed by atoms with Crippen LogP contribution in [0.3, 0.4) is 0 Å². The van der Waals surface area contributed by atoms with E-state index in [1.54, 1.807) is 0 Å². The van der Waals surface area contributed by atoms with Crippen LogP contribution in [0, 0.1) is 0 Å². The van der Waals surface area contributed by atoms with Gasteiger partial charge >= 0.3 is 0 Å². The maximum atomic E-state index is 5.71. The number of hydrogen-bond acceptors (Lipinski definition) is 2. The van der Waals surface area contributed by atoms with E-state index in [1.807, 2.05) is 31.2 Å². The lowest BCUT2D eigenvalue weighted by atomic mass is 10.2. The molecule has 0 fully saturated rings. The molecule has 2 nitrogen and oxygen atoms in total. The SMILES string of the molecule is CCN=C(N)c1ccccc1S. The van der Waals surface area contributed by atoms with Crippen molar-refractivity contribution in [3.05, 3.63) is 29.8 Å². The molecular weight excluding hydrogens is 168 g/mol. The third kappa shape index (κ3) is 2.01. The highest BCUT2D eigenvalue weighted by molar-refractivity contribution is 7.80. The smallest absolute Gasteiger partial charge is 0.126 e. The van der Waals surface area contributed by atoms with E-state index in [4.69, 9.17) is 5.73 Å². The molecule has 2 N–H and O–H groups in total. The van der Waals surface area contributed by atoms with Crippen LogP contribution in [0.25, 0.3) is 0 Å². The maximum Gasteiger partial charge on any atom is 0.126 e. The Kier molecular flexibility index (Phi) is 3.17. The molecule has 0 aliphatic heterocycles. The highest BCUT2D eigenvalue weighted by Crippen LogP contribution is 2.11. The van der Waals surface area contributed by atoms with Crippen molar-refractivity contribution in [3.63, 3.8) is 0 Å². The van der Waals surface area contributed by atoms with Crippen LogP contribution in [0.5, 0.6) is 0 Å². The van der Waals surface area contributed by atoms with Gasteiger partial charge in [-0.15, -0.1) is 12.6 Å². The van der Waals surface area contributed by atoms with E-state index in [-0.39, 0.29) is 0 Å². The average molecular weight is 180 g/mol. The molecule has 12 heavy (non-hydrogen) atoms. The number of amidine groups is 1. The van der Waals surface area contributed by atoms with Gasteiger partial charge in [-0.25, -0.2) is 0 Å². The average Bonchev–Trinajstić information content (AvgIpc) is 2.05. The van der Waals surface area contributed by atoms with Gasteiger partial charge in [-0.2, -0.15) is 0 Å². The predicted octanol–water partition coefficient (Wildman–Crippen LogP) is 1.70. The number of hydrogen-bond donors (Lipinski definition) is 2. The summed E-state index contributed by atoms with van der Waals surface area (Å²) in [6.45, 7) is 2.65. The van der Waals surface area contributed by atoms with Crippen LogP contribution in [0.1, 0.15) is 12.5 Å². The number of rotatable bonds is 2. The minimum atomic E-state index is 0.558. The van der Waals surface area contributed by atoms with Crippen LogP contribution < -0.4 is 5.73 Å². The van der Waals surface area contributed by atoms with Crippen molar-refractivity contribution in [2.24, 2.45) is 10.7 Å². The maximum absolute atomic E-state index is 5.71. The van der Waals surface area contributed by atoms with Gasteiger partial charge in [-0.05, 0) is 13.0 Å². The van der Waals surface area contributed by atoms with E-state index in [2.05, 4.69) is 17.6 Å². The van der Waals surface area contributed by atoms with E-state index < -0.39 is 0 Å². The number of nitrogens with zero attached hydrogens (tertiary/aromatic N) is 1. The molecule has 3 heteroatoms. The lowest BCUT2D eigenvalue weighted by molar-refractivity contribution is 1.12. The normalized spacial score (nSPS) is 11.7. The fraction of sp³-hybridized carbons (Fsp3) is 0.222. The lowest BCUT2D eigenvalue weighted by Crippen LogP contribution is -2.14. The first kappa shape index (κ1) is 9.13. The quantitative estimate of drug-likeness (QED) is 0.406. The van der Waals surface area contributed by atoms with E-state index in [9.17, 15) is 0 Å². The summed E-state index contributed by atoms with van der Waals surface area (Å²) in [6, 6.07) is 7.66. The Morgan fingerprint density at radius 3 is 2.75 bits per heavy atom. The molecule has 0 amide bonds. The molecule has 1 aromatic rings. The Hall–Kier alpha value is -0.960. The first-order valence-corrected chi connectivity index (χ1v) is 4.28. The van der Waals surface area contributed by atoms with Crippen molar-refractivity contribution in [1.29, 1.82) is 0 Å². The van der Waals surface area contributed by atoms with Crippen molar-refractivity contribution in [2.45, 2.75) is 11.8 Å². The summed E-state index contributed by atoms with van der Waals surface area (Å²) in [7, 11) is 0. The number of nitrogens with two attached hydrogens (primary N) is 1. The second kappa shape index (κ2) is 4.16. The zero-order chi connectivity index (χ0) is 8.97. The largest absolute Gasteiger partial charge is 0.383 e. The second-order valence-corrected chi connectivity index (χ2v) is 2.86. The summed E-state index contributed by atoms with van der Waals surface area (Å²) < 4.78 is 0. The van der Waals surface area contributed by atoms with E-state index in [0.717, 1.165) is 10.5 Å². The van der Waals surface area contributed by atoms with Crippen LogP contribution in [-0.2, 0) is 0 Å². The molecule has 0 saturated heterocycles. The molecule has 1 aromatic carbocycles.